The molecule has 2 N–H and O–H groups in total. The zero-order chi connectivity index (χ0) is 14.4. The summed E-state index contributed by atoms with van der Waals surface area (Å²) in [5, 5.41) is 0.709. The molecule has 0 saturated carbocycles. The summed E-state index contributed by atoms with van der Waals surface area (Å²) < 4.78 is 4.89. The van der Waals surface area contributed by atoms with E-state index in [9.17, 15) is 9.59 Å². The summed E-state index contributed by atoms with van der Waals surface area (Å²) in [6.07, 6.45) is 0.580. The molecule has 1 aromatic rings. The highest BCUT2D eigenvalue weighted by atomic mass is 35.5. The highest BCUT2D eigenvalue weighted by Crippen LogP contribution is 2.18. The van der Waals surface area contributed by atoms with Gasteiger partial charge in [0.25, 0.3) is 0 Å². The van der Waals surface area contributed by atoms with Gasteiger partial charge >= 0.3 is 12.1 Å². The van der Waals surface area contributed by atoms with Crippen molar-refractivity contribution in [1.82, 2.24) is 4.90 Å². The zero-order valence-corrected chi connectivity index (χ0v) is 11.7. The first-order chi connectivity index (χ1) is 8.91. The molecule has 1 rings (SSSR count). The Hall–Kier alpha value is -1.75. The molecule has 5 nitrogen and oxygen atoms in total. The topological polar surface area (TPSA) is 72.6 Å². The third-order valence-corrected chi connectivity index (χ3v) is 2.98. The summed E-state index contributed by atoms with van der Waals surface area (Å²) >= 11 is 6.09. The summed E-state index contributed by atoms with van der Waals surface area (Å²) in [6.45, 7) is 2.18. The van der Waals surface area contributed by atoms with Crippen molar-refractivity contribution in [3.05, 3.63) is 34.3 Å². The molecule has 104 valence electrons. The number of ether oxygens (including phenoxy) is 1. The van der Waals surface area contributed by atoms with Gasteiger partial charge in [0.2, 0.25) is 0 Å². The molecule has 0 bridgehead atoms. The van der Waals surface area contributed by atoms with Gasteiger partial charge in [-0.15, -0.1) is 0 Å². The van der Waals surface area contributed by atoms with Crippen molar-refractivity contribution in [3.8, 4) is 0 Å². The van der Waals surface area contributed by atoms with E-state index in [-0.39, 0.29) is 6.61 Å². The van der Waals surface area contributed by atoms with Gasteiger partial charge in [0.15, 0.2) is 0 Å². The van der Waals surface area contributed by atoms with Gasteiger partial charge in [-0.25, -0.2) is 14.5 Å². The molecule has 0 aliphatic rings. The minimum atomic E-state index is -0.841. The van der Waals surface area contributed by atoms with Crippen LogP contribution in [0.3, 0.4) is 0 Å². The van der Waals surface area contributed by atoms with Crippen molar-refractivity contribution >= 4 is 23.7 Å². The number of imide groups is 1. The van der Waals surface area contributed by atoms with Crippen molar-refractivity contribution in [2.45, 2.75) is 19.8 Å². The van der Waals surface area contributed by atoms with E-state index in [1.54, 1.807) is 0 Å². The molecule has 0 spiro atoms. The summed E-state index contributed by atoms with van der Waals surface area (Å²) in [7, 11) is 1.27. The maximum Gasteiger partial charge on any atom is 0.417 e. The summed E-state index contributed by atoms with van der Waals surface area (Å²) in [5.41, 5.74) is 7.04. The fraction of sp³-hybridized carbons (Fsp3) is 0.385. The van der Waals surface area contributed by atoms with E-state index in [1.807, 2.05) is 25.1 Å². The van der Waals surface area contributed by atoms with Gasteiger partial charge in [-0.3, -0.25) is 0 Å². The van der Waals surface area contributed by atoms with Gasteiger partial charge in [0.1, 0.15) is 0 Å². The molecule has 0 aliphatic heterocycles. The largest absolute Gasteiger partial charge is 0.449 e. The summed E-state index contributed by atoms with van der Waals surface area (Å²) in [6, 6.07) is 4.99. The maximum atomic E-state index is 11.3. The Morgan fingerprint density at radius 3 is 2.68 bits per heavy atom. The Morgan fingerprint density at radius 1 is 1.42 bits per heavy atom. The molecular formula is C13H17ClN2O3. The van der Waals surface area contributed by atoms with Crippen LogP contribution in [0.15, 0.2) is 18.2 Å². The first-order valence-electron chi connectivity index (χ1n) is 5.86. The first kappa shape index (κ1) is 15.3. The number of hydrogen-bond donors (Lipinski definition) is 1. The standard InChI is InChI=1S/C13H17ClN2O3/c1-9-5-6-10(11(14)8-9)4-3-7-19-13(18)16(2)12(15)17/h5-6,8H,3-4,7H2,1-2H3,(H2,15,17). The van der Waals surface area contributed by atoms with Crippen LogP contribution in [0.5, 0.6) is 0 Å². The summed E-state index contributed by atoms with van der Waals surface area (Å²) in [5.74, 6) is 0. The Kier molecular flexibility index (Phi) is 5.63. The number of halogens is 1. The molecule has 3 amide bonds. The van der Waals surface area contributed by atoms with Crippen molar-refractivity contribution in [3.63, 3.8) is 0 Å². The normalized spacial score (nSPS) is 10.1. The molecule has 0 heterocycles. The van der Waals surface area contributed by atoms with E-state index >= 15 is 0 Å². The second kappa shape index (κ2) is 6.99. The molecule has 0 aliphatic carbocycles. The van der Waals surface area contributed by atoms with Crippen LogP contribution < -0.4 is 5.73 Å². The predicted molar refractivity (Wildman–Crippen MR) is 73.2 cm³/mol. The van der Waals surface area contributed by atoms with Gasteiger partial charge in [-0.1, -0.05) is 23.7 Å². The van der Waals surface area contributed by atoms with Gasteiger partial charge in [-0.2, -0.15) is 0 Å². The molecule has 0 aromatic heterocycles. The Balaban J connectivity index is 2.35. The van der Waals surface area contributed by atoms with Crippen molar-refractivity contribution < 1.29 is 14.3 Å². The van der Waals surface area contributed by atoms with Crippen LogP contribution in [0.25, 0.3) is 0 Å². The quantitative estimate of drug-likeness (QED) is 0.864. The molecule has 6 heteroatoms. The lowest BCUT2D eigenvalue weighted by molar-refractivity contribution is 0.117. The number of amides is 3. The Morgan fingerprint density at radius 2 is 2.11 bits per heavy atom. The number of hydrogen-bond acceptors (Lipinski definition) is 3. The van der Waals surface area contributed by atoms with Gasteiger partial charge in [0.05, 0.1) is 6.61 Å². The van der Waals surface area contributed by atoms with Gasteiger partial charge in [0, 0.05) is 12.1 Å². The van der Waals surface area contributed by atoms with Crippen LogP contribution in [0.4, 0.5) is 9.59 Å². The molecule has 0 saturated heterocycles. The number of primary amides is 1. The number of carbonyl (C=O) groups excluding carboxylic acids is 2. The number of nitrogens with two attached hydrogens (primary N) is 1. The minimum absolute atomic E-state index is 0.209. The second-order valence-corrected chi connectivity index (χ2v) is 4.62. The zero-order valence-electron chi connectivity index (χ0n) is 11.0. The third kappa shape index (κ3) is 4.79. The van der Waals surface area contributed by atoms with Crippen molar-refractivity contribution in [1.29, 1.82) is 0 Å². The monoisotopic (exact) mass is 284 g/mol. The molecule has 0 radical (unpaired) electrons. The van der Waals surface area contributed by atoms with E-state index in [2.05, 4.69) is 0 Å². The van der Waals surface area contributed by atoms with Crippen LogP contribution in [-0.4, -0.2) is 30.7 Å². The average molecular weight is 285 g/mol. The lowest BCUT2D eigenvalue weighted by Crippen LogP contribution is -2.37. The van der Waals surface area contributed by atoms with Crippen molar-refractivity contribution in [2.24, 2.45) is 5.73 Å². The van der Waals surface area contributed by atoms with E-state index in [1.165, 1.54) is 7.05 Å². The average Bonchev–Trinajstić information content (AvgIpc) is 2.35. The number of urea groups is 1. The fourth-order valence-corrected chi connectivity index (χ4v) is 1.79. The van der Waals surface area contributed by atoms with E-state index < -0.39 is 12.1 Å². The molecule has 0 atom stereocenters. The van der Waals surface area contributed by atoms with Crippen molar-refractivity contribution in [2.75, 3.05) is 13.7 Å². The van der Waals surface area contributed by atoms with E-state index in [4.69, 9.17) is 22.1 Å². The van der Waals surface area contributed by atoms with E-state index in [0.717, 1.165) is 16.0 Å². The highest BCUT2D eigenvalue weighted by Gasteiger charge is 2.14. The SMILES string of the molecule is Cc1ccc(CCCOC(=O)N(C)C(N)=O)c(Cl)c1. The molecule has 19 heavy (non-hydrogen) atoms. The van der Waals surface area contributed by atoms with Crippen LogP contribution in [0, 0.1) is 6.92 Å². The number of nitrogens with zero attached hydrogens (tertiary/aromatic N) is 1. The molecular weight excluding hydrogens is 268 g/mol. The van der Waals surface area contributed by atoms with Gasteiger partial charge in [-0.05, 0) is 37.0 Å². The number of rotatable bonds is 4. The first-order valence-corrected chi connectivity index (χ1v) is 6.24. The van der Waals surface area contributed by atoms with Crippen LogP contribution in [0.2, 0.25) is 5.02 Å². The predicted octanol–water partition coefficient (Wildman–Crippen LogP) is 2.73. The minimum Gasteiger partial charge on any atom is -0.449 e. The third-order valence-electron chi connectivity index (χ3n) is 2.63. The van der Waals surface area contributed by atoms with Gasteiger partial charge < -0.3 is 10.5 Å². The molecule has 0 unspecified atom stereocenters. The highest BCUT2D eigenvalue weighted by molar-refractivity contribution is 6.31. The lowest BCUT2D eigenvalue weighted by atomic mass is 10.1. The molecule has 0 fully saturated rings. The Labute approximate surface area is 117 Å². The smallest absolute Gasteiger partial charge is 0.417 e. The summed E-state index contributed by atoms with van der Waals surface area (Å²) in [4.78, 5) is 22.7. The second-order valence-electron chi connectivity index (χ2n) is 4.21. The lowest BCUT2D eigenvalue weighted by Gasteiger charge is -2.12. The van der Waals surface area contributed by atoms with Crippen LogP contribution in [-0.2, 0) is 11.2 Å². The van der Waals surface area contributed by atoms with E-state index in [0.29, 0.717) is 17.9 Å². The number of aryl methyl sites for hydroxylation is 2. The van der Waals surface area contributed by atoms with Crippen LogP contribution in [0.1, 0.15) is 17.5 Å². The number of carbonyl (C=O) groups is 2. The molecule has 1 aromatic carbocycles. The maximum absolute atomic E-state index is 11.3. The number of benzene rings is 1. The fourth-order valence-electron chi connectivity index (χ4n) is 1.46. The Bertz CT molecular complexity index is 477. The van der Waals surface area contributed by atoms with Crippen LogP contribution >= 0.6 is 11.6 Å².